The molecule has 0 atom stereocenters. The second kappa shape index (κ2) is 14.0. The first-order valence-corrected chi connectivity index (χ1v) is 17.5. The van der Waals surface area contributed by atoms with Crippen LogP contribution in [0.1, 0.15) is 39.7 Å². The molecule has 0 amide bonds. The Hall–Kier alpha value is -6.93. The lowest BCUT2D eigenvalue weighted by Crippen LogP contribution is -2.39. The van der Waals surface area contributed by atoms with Crippen molar-refractivity contribution in [3.63, 3.8) is 0 Å². The van der Waals surface area contributed by atoms with Crippen molar-refractivity contribution in [2.75, 3.05) is 11.9 Å². The smallest absolute Gasteiger partial charge is 0.335 e. The number of benzene rings is 6. The minimum Gasteiger partial charge on any atom is -0.478 e. The molecule has 2 heterocycles. The summed E-state index contributed by atoms with van der Waals surface area (Å²) < 4.78 is 1.96. The van der Waals surface area contributed by atoms with Gasteiger partial charge in [0.2, 0.25) is 0 Å². The molecule has 258 valence electrons. The van der Waals surface area contributed by atoms with Crippen LogP contribution in [0.5, 0.6) is 0 Å². The number of carbonyl (C=O) groups is 1. The molecule has 8 nitrogen and oxygen atoms in total. The van der Waals surface area contributed by atoms with Crippen molar-refractivity contribution in [1.29, 1.82) is 0 Å². The van der Waals surface area contributed by atoms with Gasteiger partial charge in [-0.2, -0.15) is 0 Å². The highest BCUT2D eigenvalue weighted by Crippen LogP contribution is 2.43. The monoisotopic (exact) mass is 692 g/mol. The van der Waals surface area contributed by atoms with Crippen molar-refractivity contribution in [2.45, 2.75) is 18.9 Å². The number of rotatable bonds is 10. The number of nitrogens with zero attached hydrogens (tertiary/aromatic N) is 6. The lowest BCUT2D eigenvalue weighted by Gasteiger charge is -2.36. The molecule has 0 radical (unpaired) electrons. The van der Waals surface area contributed by atoms with E-state index in [1.807, 2.05) is 48.1 Å². The minimum absolute atomic E-state index is 0.225. The summed E-state index contributed by atoms with van der Waals surface area (Å²) >= 11 is 0. The quantitative estimate of drug-likeness (QED) is 0.143. The number of aromatic carboxylic acids is 1. The van der Waals surface area contributed by atoms with E-state index < -0.39 is 11.5 Å². The second-order valence-electron chi connectivity index (χ2n) is 12.9. The Morgan fingerprint density at radius 1 is 0.698 bits per heavy atom. The van der Waals surface area contributed by atoms with Crippen LogP contribution in [-0.4, -0.2) is 43.3 Å². The van der Waals surface area contributed by atoms with Crippen molar-refractivity contribution in [1.82, 2.24) is 25.2 Å². The van der Waals surface area contributed by atoms with Gasteiger partial charge in [0.05, 0.1) is 16.8 Å². The van der Waals surface area contributed by atoms with E-state index in [4.69, 9.17) is 15.3 Å². The van der Waals surface area contributed by atoms with E-state index in [2.05, 4.69) is 126 Å². The minimum atomic E-state index is -0.970. The molecular weight excluding hydrogens is 657 g/mol. The molecule has 0 unspecified atom stereocenters. The fourth-order valence-electron chi connectivity index (χ4n) is 7.27. The second-order valence-corrected chi connectivity index (χ2v) is 12.9. The van der Waals surface area contributed by atoms with Gasteiger partial charge in [-0.3, -0.25) is 4.98 Å². The maximum atomic E-state index is 11.8. The first kappa shape index (κ1) is 33.2. The zero-order chi connectivity index (χ0) is 36.4. The average Bonchev–Trinajstić information content (AvgIpc) is 3.71. The Balaban J connectivity index is 1.25. The summed E-state index contributed by atoms with van der Waals surface area (Å²) in [6.07, 6.45) is 0.757. The van der Waals surface area contributed by atoms with E-state index in [0.717, 1.165) is 67.8 Å². The van der Waals surface area contributed by atoms with Crippen LogP contribution >= 0.6 is 0 Å². The van der Waals surface area contributed by atoms with Crippen LogP contribution < -0.4 is 4.90 Å². The van der Waals surface area contributed by atoms with Crippen LogP contribution in [0.15, 0.2) is 164 Å². The fraction of sp³-hybridized carbons (Fsp3) is 0.0889. The average molecular weight is 693 g/mol. The largest absolute Gasteiger partial charge is 0.478 e. The van der Waals surface area contributed by atoms with Gasteiger partial charge in [0.1, 0.15) is 5.54 Å². The maximum Gasteiger partial charge on any atom is 0.335 e. The molecule has 2 aromatic heterocycles. The summed E-state index contributed by atoms with van der Waals surface area (Å²) in [4.78, 5) is 18.7. The van der Waals surface area contributed by atoms with Crippen LogP contribution in [0.3, 0.4) is 0 Å². The van der Waals surface area contributed by atoms with Crippen molar-refractivity contribution >= 4 is 28.2 Å². The molecule has 8 rings (SSSR count). The van der Waals surface area contributed by atoms with Gasteiger partial charge in [0, 0.05) is 29.4 Å². The summed E-state index contributed by atoms with van der Waals surface area (Å²) in [5, 5.41) is 24.3. The highest BCUT2D eigenvalue weighted by Gasteiger charge is 2.42. The van der Waals surface area contributed by atoms with Crippen LogP contribution in [0.4, 0.5) is 11.4 Å². The number of hydrogen-bond donors (Lipinski definition) is 1. The summed E-state index contributed by atoms with van der Waals surface area (Å²) in [5.41, 5.74) is 8.83. The molecule has 0 aliphatic heterocycles. The Bertz CT molecular complexity index is 2440. The Morgan fingerprint density at radius 2 is 1.26 bits per heavy atom. The van der Waals surface area contributed by atoms with Crippen molar-refractivity contribution < 1.29 is 9.90 Å². The maximum absolute atomic E-state index is 11.8. The molecule has 0 fully saturated rings. The molecule has 0 saturated carbocycles. The Labute approximate surface area is 307 Å². The van der Waals surface area contributed by atoms with Crippen LogP contribution in [-0.2, 0) is 12.0 Å². The van der Waals surface area contributed by atoms with Crippen molar-refractivity contribution in [2.24, 2.45) is 0 Å². The fourth-order valence-corrected chi connectivity index (χ4v) is 7.27. The lowest BCUT2D eigenvalue weighted by molar-refractivity contribution is 0.0697. The molecule has 0 aliphatic carbocycles. The summed E-state index contributed by atoms with van der Waals surface area (Å²) in [6, 6.07) is 54.8. The van der Waals surface area contributed by atoms with Gasteiger partial charge in [-0.1, -0.05) is 134 Å². The normalized spacial score (nSPS) is 11.4. The molecular formula is C45H36N6O2. The molecule has 53 heavy (non-hydrogen) atoms. The summed E-state index contributed by atoms with van der Waals surface area (Å²) in [7, 11) is 2.00. The van der Waals surface area contributed by atoms with Gasteiger partial charge >= 0.3 is 5.97 Å². The van der Waals surface area contributed by atoms with Gasteiger partial charge in [-0.15, -0.1) is 5.10 Å². The van der Waals surface area contributed by atoms with Crippen molar-refractivity contribution in [3.8, 4) is 22.5 Å². The number of carboxylic acids is 1. The third-order valence-corrected chi connectivity index (χ3v) is 9.91. The molecule has 0 aliphatic rings. The number of fused-ring (bicyclic) bond motifs is 1. The highest BCUT2D eigenvalue weighted by molar-refractivity contribution is 5.99. The number of carboxylic acid groups (broad SMARTS) is 1. The number of tetrazole rings is 1. The van der Waals surface area contributed by atoms with Gasteiger partial charge in [0.15, 0.2) is 5.82 Å². The molecule has 8 aromatic rings. The van der Waals surface area contributed by atoms with Crippen LogP contribution in [0.2, 0.25) is 0 Å². The number of pyridine rings is 1. The molecule has 0 bridgehead atoms. The SMILES string of the molecule is CCc1cc(N(C)c2ccc(-c3ccccc3-c3nnnn3C(c3ccccc3)(c3ccccc3)c3ccccc3)cc2)c2cc(C(=O)O)ccc2n1. The number of hydrogen-bond acceptors (Lipinski definition) is 6. The predicted octanol–water partition coefficient (Wildman–Crippen LogP) is 9.42. The van der Waals surface area contributed by atoms with Crippen molar-refractivity contribution in [3.05, 3.63) is 192 Å². The van der Waals surface area contributed by atoms with E-state index in [0.29, 0.717) is 5.82 Å². The molecule has 0 spiro atoms. The zero-order valence-electron chi connectivity index (χ0n) is 29.3. The van der Waals surface area contributed by atoms with Gasteiger partial charge < -0.3 is 10.0 Å². The van der Waals surface area contributed by atoms with E-state index in [-0.39, 0.29) is 5.56 Å². The van der Waals surface area contributed by atoms with E-state index >= 15 is 0 Å². The van der Waals surface area contributed by atoms with E-state index in [1.54, 1.807) is 18.2 Å². The predicted molar refractivity (Wildman–Crippen MR) is 209 cm³/mol. The summed E-state index contributed by atoms with van der Waals surface area (Å²) in [5.74, 6) is -0.342. The molecule has 0 saturated heterocycles. The van der Waals surface area contributed by atoms with Gasteiger partial charge in [0.25, 0.3) is 0 Å². The number of anilines is 2. The summed E-state index contributed by atoms with van der Waals surface area (Å²) in [6.45, 7) is 2.07. The number of aryl methyl sites for hydroxylation is 1. The van der Waals surface area contributed by atoms with Crippen LogP contribution in [0, 0.1) is 0 Å². The third-order valence-electron chi connectivity index (χ3n) is 9.91. The number of aromatic nitrogens is 5. The highest BCUT2D eigenvalue weighted by atomic mass is 16.4. The molecule has 1 N–H and O–H groups in total. The van der Waals surface area contributed by atoms with E-state index in [1.165, 1.54) is 0 Å². The third kappa shape index (κ3) is 5.90. The van der Waals surface area contributed by atoms with Crippen LogP contribution in [0.25, 0.3) is 33.4 Å². The first-order chi connectivity index (χ1) is 26.0. The molecule has 6 aromatic carbocycles. The topological polar surface area (TPSA) is 97.0 Å². The molecule has 8 heteroatoms. The standard InChI is InChI=1S/C45H36N6O2/c1-3-36-30-42(40-29-32(44(52)53)25-28-41(40)46-36)50(2)37-26-23-31(24-27-37)38-21-13-14-22-39(38)43-47-48-49-51(43)45(33-15-7-4-8-16-33,34-17-9-5-10-18-34)35-19-11-6-12-20-35/h4-30H,3H2,1-2H3,(H,52,53). The first-order valence-electron chi connectivity index (χ1n) is 17.5. The lowest BCUT2D eigenvalue weighted by atomic mass is 9.77. The zero-order valence-corrected chi connectivity index (χ0v) is 29.3. The Morgan fingerprint density at radius 3 is 1.83 bits per heavy atom. The van der Waals surface area contributed by atoms with Gasteiger partial charge in [-0.05, 0) is 81.1 Å². The van der Waals surface area contributed by atoms with E-state index in [9.17, 15) is 9.90 Å². The Kier molecular flexibility index (Phi) is 8.78. The van der Waals surface area contributed by atoms with Gasteiger partial charge in [-0.25, -0.2) is 9.48 Å².